The highest BCUT2D eigenvalue weighted by Gasteiger charge is 2.08. The van der Waals surface area contributed by atoms with Crippen molar-refractivity contribution < 1.29 is 4.79 Å². The van der Waals surface area contributed by atoms with Crippen molar-refractivity contribution in [1.82, 2.24) is 5.32 Å². The van der Waals surface area contributed by atoms with Crippen molar-refractivity contribution in [3.05, 3.63) is 64.2 Å². The van der Waals surface area contributed by atoms with Crippen molar-refractivity contribution in [2.75, 3.05) is 5.73 Å². The van der Waals surface area contributed by atoms with E-state index in [2.05, 4.69) is 11.4 Å². The maximum Gasteiger partial charge on any atom is 0.251 e. The van der Waals surface area contributed by atoms with Gasteiger partial charge in [-0.3, -0.25) is 4.79 Å². The van der Waals surface area contributed by atoms with E-state index in [1.165, 1.54) is 0 Å². The van der Waals surface area contributed by atoms with Gasteiger partial charge in [-0.05, 0) is 50.1 Å². The zero-order valence-electron chi connectivity index (χ0n) is 12.2. The molecular weight excluding hydrogens is 248 g/mol. The first-order chi connectivity index (χ1) is 9.47. The highest BCUT2D eigenvalue weighted by atomic mass is 16.1. The van der Waals surface area contributed by atoms with Gasteiger partial charge in [0.25, 0.3) is 5.91 Å². The predicted molar refractivity (Wildman–Crippen MR) is 82.7 cm³/mol. The highest BCUT2D eigenvalue weighted by molar-refractivity contribution is 5.94. The summed E-state index contributed by atoms with van der Waals surface area (Å²) < 4.78 is 0. The number of nitrogens with one attached hydrogen (secondary N) is 1. The molecule has 0 aliphatic heterocycles. The lowest BCUT2D eigenvalue weighted by molar-refractivity contribution is 0.0950. The van der Waals surface area contributed by atoms with Gasteiger partial charge in [0.1, 0.15) is 0 Å². The number of rotatable bonds is 3. The molecule has 0 saturated carbocycles. The molecule has 0 bridgehead atoms. The van der Waals surface area contributed by atoms with Crippen LogP contribution in [0.2, 0.25) is 0 Å². The van der Waals surface area contributed by atoms with E-state index in [4.69, 9.17) is 5.73 Å². The van der Waals surface area contributed by atoms with E-state index in [0.717, 1.165) is 27.9 Å². The zero-order valence-corrected chi connectivity index (χ0v) is 12.2. The molecule has 2 rings (SSSR count). The second-order valence-electron chi connectivity index (χ2n) is 5.19. The first-order valence-corrected chi connectivity index (χ1v) is 6.68. The average molecular weight is 268 g/mol. The van der Waals surface area contributed by atoms with Crippen molar-refractivity contribution in [3.63, 3.8) is 0 Å². The van der Waals surface area contributed by atoms with Crippen LogP contribution in [-0.4, -0.2) is 5.91 Å². The van der Waals surface area contributed by atoms with E-state index in [1.54, 1.807) is 0 Å². The molecule has 0 aliphatic rings. The van der Waals surface area contributed by atoms with Gasteiger partial charge in [-0.1, -0.05) is 29.3 Å². The fourth-order valence-electron chi connectivity index (χ4n) is 2.28. The molecule has 3 nitrogen and oxygen atoms in total. The maximum atomic E-state index is 12.2. The summed E-state index contributed by atoms with van der Waals surface area (Å²) >= 11 is 0. The molecule has 20 heavy (non-hydrogen) atoms. The largest absolute Gasteiger partial charge is 0.399 e. The first kappa shape index (κ1) is 14.1. The van der Waals surface area contributed by atoms with Gasteiger partial charge in [0.05, 0.1) is 0 Å². The molecule has 0 unspecified atom stereocenters. The minimum Gasteiger partial charge on any atom is -0.399 e. The standard InChI is InChI=1S/C17H20N2O/c1-11-7-12(2)9-15(8-11)17(20)19-10-14-5-4-6-16(18)13(14)3/h4-9H,10,18H2,1-3H3,(H,19,20). The summed E-state index contributed by atoms with van der Waals surface area (Å²) in [5, 5.41) is 2.94. The van der Waals surface area contributed by atoms with Gasteiger partial charge in [0.2, 0.25) is 0 Å². The van der Waals surface area contributed by atoms with Crippen LogP contribution in [-0.2, 0) is 6.54 Å². The van der Waals surface area contributed by atoms with E-state index in [-0.39, 0.29) is 5.91 Å². The molecule has 0 aliphatic carbocycles. The molecule has 3 N–H and O–H groups in total. The molecule has 0 spiro atoms. The molecule has 0 atom stereocenters. The van der Waals surface area contributed by atoms with Gasteiger partial charge in [-0.15, -0.1) is 0 Å². The number of carbonyl (C=O) groups excluding carboxylic acids is 1. The normalized spacial score (nSPS) is 10.3. The smallest absolute Gasteiger partial charge is 0.251 e. The third kappa shape index (κ3) is 3.18. The molecule has 0 heterocycles. The fourth-order valence-corrected chi connectivity index (χ4v) is 2.28. The Morgan fingerprint density at radius 1 is 1.10 bits per heavy atom. The maximum absolute atomic E-state index is 12.2. The predicted octanol–water partition coefficient (Wildman–Crippen LogP) is 3.12. The molecule has 0 aromatic heterocycles. The lowest BCUT2D eigenvalue weighted by Gasteiger charge is -2.10. The summed E-state index contributed by atoms with van der Waals surface area (Å²) in [6, 6.07) is 11.6. The highest BCUT2D eigenvalue weighted by Crippen LogP contribution is 2.15. The van der Waals surface area contributed by atoms with E-state index in [0.29, 0.717) is 12.1 Å². The second kappa shape index (κ2) is 5.78. The van der Waals surface area contributed by atoms with Crippen LogP contribution in [0, 0.1) is 20.8 Å². The number of anilines is 1. The summed E-state index contributed by atoms with van der Waals surface area (Å²) in [5.74, 6) is -0.0568. The number of nitrogen functional groups attached to an aromatic ring is 1. The van der Waals surface area contributed by atoms with Crippen molar-refractivity contribution in [2.24, 2.45) is 0 Å². The molecule has 3 heteroatoms. The number of hydrogen-bond acceptors (Lipinski definition) is 2. The molecule has 1 amide bonds. The van der Waals surface area contributed by atoms with Gasteiger partial charge in [-0.2, -0.15) is 0 Å². The lowest BCUT2D eigenvalue weighted by Crippen LogP contribution is -2.23. The third-order valence-electron chi connectivity index (χ3n) is 3.41. The van der Waals surface area contributed by atoms with Crippen LogP contribution < -0.4 is 11.1 Å². The number of carbonyl (C=O) groups is 1. The van der Waals surface area contributed by atoms with Crippen molar-refractivity contribution in [2.45, 2.75) is 27.3 Å². The minimum absolute atomic E-state index is 0.0568. The van der Waals surface area contributed by atoms with Crippen LogP contribution >= 0.6 is 0 Å². The molecule has 0 radical (unpaired) electrons. The Kier molecular flexibility index (Phi) is 4.08. The van der Waals surface area contributed by atoms with Crippen LogP contribution in [0.4, 0.5) is 5.69 Å². The van der Waals surface area contributed by atoms with Crippen LogP contribution in [0.3, 0.4) is 0 Å². The van der Waals surface area contributed by atoms with E-state index >= 15 is 0 Å². The summed E-state index contributed by atoms with van der Waals surface area (Å²) in [6.45, 7) is 6.44. The molecule has 2 aromatic rings. The van der Waals surface area contributed by atoms with Crippen molar-refractivity contribution in [3.8, 4) is 0 Å². The van der Waals surface area contributed by atoms with Crippen LogP contribution in [0.5, 0.6) is 0 Å². The monoisotopic (exact) mass is 268 g/mol. The number of aryl methyl sites for hydroxylation is 2. The number of benzene rings is 2. The minimum atomic E-state index is -0.0568. The number of amides is 1. The zero-order chi connectivity index (χ0) is 14.7. The Balaban J connectivity index is 2.10. The Labute approximate surface area is 119 Å². The van der Waals surface area contributed by atoms with Gasteiger partial charge < -0.3 is 11.1 Å². The van der Waals surface area contributed by atoms with Crippen LogP contribution in [0.25, 0.3) is 0 Å². The van der Waals surface area contributed by atoms with Gasteiger partial charge in [-0.25, -0.2) is 0 Å². The molecule has 104 valence electrons. The van der Waals surface area contributed by atoms with E-state index < -0.39 is 0 Å². The fraction of sp³-hybridized carbons (Fsp3) is 0.235. The topological polar surface area (TPSA) is 55.1 Å². The Hall–Kier alpha value is -2.29. The molecule has 0 saturated heterocycles. The van der Waals surface area contributed by atoms with Gasteiger partial charge in [0, 0.05) is 17.8 Å². The van der Waals surface area contributed by atoms with Gasteiger partial charge in [0.15, 0.2) is 0 Å². The molecule has 2 aromatic carbocycles. The first-order valence-electron chi connectivity index (χ1n) is 6.68. The quantitative estimate of drug-likeness (QED) is 0.840. The van der Waals surface area contributed by atoms with E-state index in [9.17, 15) is 4.79 Å². The molecular formula is C17H20N2O. The summed E-state index contributed by atoms with van der Waals surface area (Å²) in [4.78, 5) is 12.2. The van der Waals surface area contributed by atoms with Crippen LogP contribution in [0.15, 0.2) is 36.4 Å². The van der Waals surface area contributed by atoms with Crippen molar-refractivity contribution >= 4 is 11.6 Å². The molecule has 0 fully saturated rings. The lowest BCUT2D eigenvalue weighted by atomic mass is 10.1. The Bertz CT molecular complexity index is 627. The van der Waals surface area contributed by atoms with Crippen molar-refractivity contribution in [1.29, 1.82) is 0 Å². The summed E-state index contributed by atoms with van der Waals surface area (Å²) in [7, 11) is 0. The van der Waals surface area contributed by atoms with E-state index in [1.807, 2.05) is 51.1 Å². The summed E-state index contributed by atoms with van der Waals surface area (Å²) in [6.07, 6.45) is 0. The number of hydrogen-bond donors (Lipinski definition) is 2. The van der Waals surface area contributed by atoms with Gasteiger partial charge >= 0.3 is 0 Å². The Morgan fingerprint density at radius 2 is 1.75 bits per heavy atom. The third-order valence-corrected chi connectivity index (χ3v) is 3.41. The van der Waals surface area contributed by atoms with Crippen LogP contribution in [0.1, 0.15) is 32.6 Å². The summed E-state index contributed by atoms with van der Waals surface area (Å²) in [5.41, 5.74) is 11.6. The Morgan fingerprint density at radius 3 is 2.40 bits per heavy atom. The second-order valence-corrected chi connectivity index (χ2v) is 5.19. The SMILES string of the molecule is Cc1cc(C)cc(C(=O)NCc2cccc(N)c2C)c1. The number of nitrogens with two attached hydrogens (primary N) is 1. The average Bonchev–Trinajstić information content (AvgIpc) is 2.39.